The summed E-state index contributed by atoms with van der Waals surface area (Å²) in [5.41, 5.74) is 8.94. The molecular weight excluding hydrogens is 500 g/mol. The van der Waals surface area contributed by atoms with Crippen molar-refractivity contribution >= 4 is 50.4 Å². The van der Waals surface area contributed by atoms with Gasteiger partial charge in [-0.05, 0) is 79.8 Å². The number of hydrogen-bond donors (Lipinski definition) is 3. The number of aromatic amines is 2. The monoisotopic (exact) mass is 524 g/mol. The van der Waals surface area contributed by atoms with Crippen molar-refractivity contribution < 1.29 is 0 Å². The summed E-state index contributed by atoms with van der Waals surface area (Å²) in [5.74, 6) is 0.559. The number of aromatic nitrogens is 5. The van der Waals surface area contributed by atoms with Gasteiger partial charge in [0.05, 0.1) is 31.8 Å². The van der Waals surface area contributed by atoms with Crippen LogP contribution in [0.1, 0.15) is 25.5 Å². The van der Waals surface area contributed by atoms with Crippen molar-refractivity contribution in [2.75, 3.05) is 0 Å². The Kier molecular flexibility index (Phi) is 6.02. The number of fused-ring (bicyclic) bond motifs is 2. The molecule has 0 bridgehead atoms. The second-order valence-corrected chi connectivity index (χ2v) is 10.8. The van der Waals surface area contributed by atoms with Gasteiger partial charge in [-0.3, -0.25) is 10.1 Å². The average Bonchev–Trinajstić information content (AvgIpc) is 3.32. The van der Waals surface area contributed by atoms with E-state index >= 15 is 0 Å². The van der Waals surface area contributed by atoms with Gasteiger partial charge in [-0.15, -0.1) is 11.3 Å². The molecule has 0 unspecified atom stereocenters. The fraction of sp³-hybridized carbons (Fsp3) is 0.138. The van der Waals surface area contributed by atoms with Crippen molar-refractivity contribution in [3.05, 3.63) is 95.4 Å². The Morgan fingerprint density at radius 3 is 2.76 bits per heavy atom. The zero-order valence-corrected chi connectivity index (χ0v) is 21.9. The molecule has 8 heteroatoms. The lowest BCUT2D eigenvalue weighted by Crippen LogP contribution is -2.11. The summed E-state index contributed by atoms with van der Waals surface area (Å²) in [6.45, 7) is 10.2. The van der Waals surface area contributed by atoms with Crippen LogP contribution in [0.2, 0.25) is 4.34 Å². The van der Waals surface area contributed by atoms with Crippen LogP contribution in [-0.2, 0) is 0 Å². The van der Waals surface area contributed by atoms with Crippen LogP contribution in [-0.4, -0.2) is 25.1 Å². The van der Waals surface area contributed by atoms with E-state index in [-0.39, 0.29) is 0 Å². The molecular formula is C29H25ClN6S. The van der Waals surface area contributed by atoms with E-state index in [4.69, 9.17) is 16.6 Å². The van der Waals surface area contributed by atoms with Crippen LogP contribution >= 0.6 is 22.9 Å². The van der Waals surface area contributed by atoms with Crippen LogP contribution in [0.3, 0.4) is 0 Å². The van der Waals surface area contributed by atoms with Crippen LogP contribution in [0.25, 0.3) is 49.5 Å². The van der Waals surface area contributed by atoms with E-state index in [1.165, 1.54) is 24.2 Å². The molecule has 1 fully saturated rings. The predicted octanol–water partition coefficient (Wildman–Crippen LogP) is 7.87. The molecule has 0 saturated heterocycles. The largest absolute Gasteiger partial charge is 0.359 e. The Labute approximate surface area is 223 Å². The zero-order valence-electron chi connectivity index (χ0n) is 20.3. The van der Waals surface area contributed by atoms with Gasteiger partial charge < -0.3 is 10.3 Å². The van der Waals surface area contributed by atoms with Gasteiger partial charge in [-0.25, -0.2) is 4.98 Å². The summed E-state index contributed by atoms with van der Waals surface area (Å²) in [6, 6.07) is 11.9. The van der Waals surface area contributed by atoms with Gasteiger partial charge in [-0.1, -0.05) is 30.8 Å². The topological polar surface area (TPSA) is 82.3 Å². The first-order valence-electron chi connectivity index (χ1n) is 12.1. The number of H-pyrrole nitrogens is 2. The minimum atomic E-state index is 0.559. The lowest BCUT2D eigenvalue weighted by molar-refractivity contribution is 0.865. The van der Waals surface area contributed by atoms with Gasteiger partial charge in [0.15, 0.2) is 0 Å². The van der Waals surface area contributed by atoms with Gasteiger partial charge in [-0.2, -0.15) is 5.10 Å². The molecule has 1 aliphatic carbocycles. The number of nitrogens with zero attached hydrogens (tertiary/aromatic N) is 3. The third-order valence-corrected chi connectivity index (χ3v) is 7.77. The minimum Gasteiger partial charge on any atom is -0.359 e. The van der Waals surface area contributed by atoms with Crippen LogP contribution in [0.5, 0.6) is 0 Å². The van der Waals surface area contributed by atoms with Crippen molar-refractivity contribution in [3.8, 4) is 22.0 Å². The van der Waals surface area contributed by atoms with E-state index in [0.717, 1.165) is 70.9 Å². The molecule has 0 radical (unpaired) electrons. The van der Waals surface area contributed by atoms with Gasteiger partial charge in [0.25, 0.3) is 0 Å². The van der Waals surface area contributed by atoms with Gasteiger partial charge in [0, 0.05) is 28.5 Å². The summed E-state index contributed by atoms with van der Waals surface area (Å²) in [5, 5.41) is 12.2. The van der Waals surface area contributed by atoms with Crippen molar-refractivity contribution in [1.82, 2.24) is 30.5 Å². The molecule has 37 heavy (non-hydrogen) atoms. The Hall–Kier alpha value is -3.94. The maximum Gasteiger partial charge on any atom is 0.135 e. The standard InChI is InChI=1S/C29H25ClN6S/c1-4-17(14-19(5-2)32-16(3)18-6-7-18)21-8-9-23-28(34-21)29(36-35-23)24-15-20-22(33-24)12-13-31-27(20)25-10-11-26(30)37-25/h4-5,8-15,18,32-33H,2-3,6-7H2,1H3,(H,35,36)/b17-4+,19-14+. The number of pyridine rings is 2. The lowest BCUT2D eigenvalue weighted by Gasteiger charge is -2.11. The quantitative estimate of drug-likeness (QED) is 0.180. The van der Waals surface area contributed by atoms with E-state index < -0.39 is 0 Å². The van der Waals surface area contributed by atoms with E-state index in [1.54, 1.807) is 6.20 Å². The summed E-state index contributed by atoms with van der Waals surface area (Å²) in [6.07, 6.45) is 10.1. The molecule has 5 heterocycles. The summed E-state index contributed by atoms with van der Waals surface area (Å²) in [4.78, 5) is 14.1. The Bertz CT molecular complexity index is 1730. The molecule has 0 aliphatic heterocycles. The highest BCUT2D eigenvalue weighted by molar-refractivity contribution is 7.19. The van der Waals surface area contributed by atoms with Crippen LogP contribution in [0, 0.1) is 5.92 Å². The molecule has 6 nitrogen and oxygen atoms in total. The molecule has 5 aromatic heterocycles. The lowest BCUT2D eigenvalue weighted by atomic mass is 10.1. The Morgan fingerprint density at radius 2 is 2.03 bits per heavy atom. The average molecular weight is 525 g/mol. The third kappa shape index (κ3) is 4.52. The highest BCUT2D eigenvalue weighted by Crippen LogP contribution is 2.37. The maximum absolute atomic E-state index is 6.19. The Balaban J connectivity index is 1.39. The first-order valence-corrected chi connectivity index (χ1v) is 13.3. The van der Waals surface area contributed by atoms with Gasteiger partial charge in [0.1, 0.15) is 11.2 Å². The molecule has 0 amide bonds. The minimum absolute atomic E-state index is 0.559. The zero-order chi connectivity index (χ0) is 25.5. The molecule has 0 spiro atoms. The van der Waals surface area contributed by atoms with E-state index in [1.807, 2.05) is 49.4 Å². The number of allylic oxidation sites excluding steroid dienone is 5. The van der Waals surface area contributed by atoms with Gasteiger partial charge in [0.2, 0.25) is 0 Å². The first kappa shape index (κ1) is 23.5. The summed E-state index contributed by atoms with van der Waals surface area (Å²) >= 11 is 7.70. The molecule has 1 aliphatic rings. The van der Waals surface area contributed by atoms with Crippen LogP contribution in [0.4, 0.5) is 0 Å². The predicted molar refractivity (Wildman–Crippen MR) is 154 cm³/mol. The molecule has 1 saturated carbocycles. The van der Waals surface area contributed by atoms with Crippen molar-refractivity contribution in [1.29, 1.82) is 0 Å². The number of nitrogens with one attached hydrogen (secondary N) is 3. The molecule has 0 atom stereocenters. The number of hydrogen-bond acceptors (Lipinski definition) is 5. The van der Waals surface area contributed by atoms with Crippen LogP contribution in [0.15, 0.2) is 85.4 Å². The Morgan fingerprint density at radius 1 is 1.16 bits per heavy atom. The van der Waals surface area contributed by atoms with Crippen molar-refractivity contribution in [2.24, 2.45) is 5.92 Å². The van der Waals surface area contributed by atoms with Gasteiger partial charge >= 0.3 is 0 Å². The SMILES string of the molecule is C=C/C(=C\C(=C/C)c1ccc2[nH]nc(-c3cc4c(-c5ccc(Cl)s5)nccc4[nH]3)c2n1)NC(=C)C1CC1. The molecule has 5 aromatic rings. The van der Waals surface area contributed by atoms with Crippen molar-refractivity contribution in [2.45, 2.75) is 19.8 Å². The van der Waals surface area contributed by atoms with Crippen LogP contribution < -0.4 is 5.32 Å². The van der Waals surface area contributed by atoms with E-state index in [2.05, 4.69) is 50.8 Å². The normalized spacial score (nSPS) is 14.4. The molecule has 3 N–H and O–H groups in total. The number of thiophene rings is 1. The second kappa shape index (κ2) is 9.50. The smallest absolute Gasteiger partial charge is 0.135 e. The first-order chi connectivity index (χ1) is 18.0. The molecule has 184 valence electrons. The maximum atomic E-state index is 6.19. The number of rotatable bonds is 8. The summed E-state index contributed by atoms with van der Waals surface area (Å²) in [7, 11) is 0. The highest BCUT2D eigenvalue weighted by atomic mass is 35.5. The fourth-order valence-electron chi connectivity index (χ4n) is 4.40. The molecule has 6 rings (SSSR count). The van der Waals surface area contributed by atoms with E-state index in [9.17, 15) is 0 Å². The van der Waals surface area contributed by atoms with Crippen molar-refractivity contribution in [3.63, 3.8) is 0 Å². The molecule has 0 aromatic carbocycles. The second-order valence-electron chi connectivity index (χ2n) is 9.04. The summed E-state index contributed by atoms with van der Waals surface area (Å²) < 4.78 is 0.736. The highest BCUT2D eigenvalue weighted by Gasteiger charge is 2.24. The van der Waals surface area contributed by atoms with E-state index in [0.29, 0.717) is 5.92 Å². The number of halogens is 1. The fourth-order valence-corrected chi connectivity index (χ4v) is 5.46. The third-order valence-electron chi connectivity index (χ3n) is 6.53.